The molecule has 2 aromatic carbocycles. The van der Waals surface area contributed by atoms with E-state index in [0.29, 0.717) is 0 Å². The zero-order chi connectivity index (χ0) is 10.8. The van der Waals surface area contributed by atoms with Crippen molar-refractivity contribution in [3.05, 3.63) is 77.9 Å². The van der Waals surface area contributed by atoms with Crippen LogP contribution < -0.4 is 0 Å². The van der Waals surface area contributed by atoms with Crippen LogP contribution in [0.1, 0.15) is 11.1 Å². The van der Waals surface area contributed by atoms with Gasteiger partial charge in [0.2, 0.25) is 0 Å². The Bertz CT molecular complexity index is 521. The molecule has 0 aliphatic heterocycles. The molecule has 2 aromatic rings. The minimum Gasteiger partial charge on any atom is -0.0616 e. The van der Waals surface area contributed by atoms with Crippen molar-refractivity contribution >= 4 is 6.08 Å². The van der Waals surface area contributed by atoms with Crippen molar-refractivity contribution in [2.75, 3.05) is 0 Å². The van der Waals surface area contributed by atoms with E-state index in [0.717, 1.165) is 5.56 Å². The molecule has 1 aliphatic carbocycles. The van der Waals surface area contributed by atoms with Gasteiger partial charge in [-0.15, -0.1) is 0 Å². The van der Waals surface area contributed by atoms with Gasteiger partial charge in [0.05, 0.1) is 0 Å². The van der Waals surface area contributed by atoms with Crippen LogP contribution in [0, 0.1) is 6.08 Å². The second-order valence-electron chi connectivity index (χ2n) is 3.80. The summed E-state index contributed by atoms with van der Waals surface area (Å²) in [4.78, 5) is 0. The van der Waals surface area contributed by atoms with Crippen LogP contribution in [0.15, 0.2) is 60.7 Å². The largest absolute Gasteiger partial charge is 0.0616 e. The summed E-state index contributed by atoms with van der Waals surface area (Å²) in [5, 5.41) is 0. The standard InChI is InChI=1S/C16H11/c1-2-8-14-10-4-6-12-16(14)15-11-5-3-9-13(15)7-1/h1-7,9-12H/b2-1?,7-1-,8-2?,13-7?,14-8?,16-15?. The molecule has 0 spiro atoms. The monoisotopic (exact) mass is 203 g/mol. The van der Waals surface area contributed by atoms with Gasteiger partial charge in [-0.3, -0.25) is 0 Å². The first-order valence-corrected chi connectivity index (χ1v) is 5.40. The van der Waals surface area contributed by atoms with E-state index in [1.54, 1.807) is 0 Å². The molecule has 0 nitrogen and oxygen atoms in total. The van der Waals surface area contributed by atoms with Gasteiger partial charge in [-0.1, -0.05) is 66.8 Å². The highest BCUT2D eigenvalue weighted by Gasteiger charge is 2.06. The second-order valence-corrected chi connectivity index (χ2v) is 3.80. The molecule has 0 bridgehead atoms. The molecule has 0 atom stereocenters. The number of fused-ring (bicyclic) bond motifs is 3. The molecule has 16 heavy (non-hydrogen) atoms. The molecule has 0 amide bonds. The van der Waals surface area contributed by atoms with Crippen LogP contribution in [-0.2, 0) is 0 Å². The van der Waals surface area contributed by atoms with Crippen LogP contribution in [0.5, 0.6) is 0 Å². The first-order valence-electron chi connectivity index (χ1n) is 5.40. The molecule has 1 aliphatic rings. The third-order valence-corrected chi connectivity index (χ3v) is 2.79. The van der Waals surface area contributed by atoms with Crippen molar-refractivity contribution in [1.29, 1.82) is 0 Å². The predicted molar refractivity (Wildman–Crippen MR) is 67.8 cm³/mol. The zero-order valence-electron chi connectivity index (χ0n) is 8.85. The lowest BCUT2D eigenvalue weighted by atomic mass is 9.93. The molecular weight excluding hydrogens is 192 g/mol. The normalized spacial score (nSPS) is 16.5. The van der Waals surface area contributed by atoms with Crippen LogP contribution >= 0.6 is 0 Å². The Balaban J connectivity index is 2.34. The fourth-order valence-corrected chi connectivity index (χ4v) is 2.02. The molecule has 0 aromatic heterocycles. The van der Waals surface area contributed by atoms with Gasteiger partial charge >= 0.3 is 0 Å². The van der Waals surface area contributed by atoms with Gasteiger partial charge < -0.3 is 0 Å². The highest BCUT2D eigenvalue weighted by Crippen LogP contribution is 2.29. The van der Waals surface area contributed by atoms with Gasteiger partial charge in [-0.25, -0.2) is 0 Å². The van der Waals surface area contributed by atoms with Gasteiger partial charge in [0.25, 0.3) is 0 Å². The first-order chi connectivity index (χ1) is 7.95. The number of benzene rings is 2. The average molecular weight is 203 g/mol. The SMILES string of the molecule is [C]1=C\C=C/c2ccccc2-c2ccccc2/1. The summed E-state index contributed by atoms with van der Waals surface area (Å²) >= 11 is 0. The number of hydrogen-bond acceptors (Lipinski definition) is 0. The van der Waals surface area contributed by atoms with Crippen LogP contribution in [0.25, 0.3) is 17.2 Å². The second kappa shape index (κ2) is 3.82. The zero-order valence-corrected chi connectivity index (χ0v) is 8.85. The Kier molecular flexibility index (Phi) is 2.19. The molecule has 0 heteroatoms. The Hall–Kier alpha value is -2.08. The van der Waals surface area contributed by atoms with Crippen LogP contribution in [0.3, 0.4) is 0 Å². The highest BCUT2D eigenvalue weighted by molar-refractivity contribution is 5.79. The maximum absolute atomic E-state index is 3.29. The first kappa shape index (κ1) is 9.17. The third kappa shape index (κ3) is 1.49. The summed E-state index contributed by atoms with van der Waals surface area (Å²) in [5.74, 6) is 0. The molecule has 0 heterocycles. The van der Waals surface area contributed by atoms with E-state index in [1.807, 2.05) is 18.2 Å². The molecule has 0 saturated heterocycles. The predicted octanol–water partition coefficient (Wildman–Crippen LogP) is 4.09. The van der Waals surface area contributed by atoms with Crippen molar-refractivity contribution in [3.8, 4) is 11.1 Å². The molecular formula is C16H11. The Morgan fingerprint density at radius 3 is 2.44 bits per heavy atom. The lowest BCUT2D eigenvalue weighted by Crippen LogP contribution is -1.88. The molecule has 0 N–H and O–H groups in total. The highest BCUT2D eigenvalue weighted by atomic mass is 14.1. The van der Waals surface area contributed by atoms with Gasteiger partial charge in [-0.2, -0.15) is 0 Å². The molecule has 0 fully saturated rings. The van der Waals surface area contributed by atoms with Crippen molar-refractivity contribution in [2.45, 2.75) is 0 Å². The summed E-state index contributed by atoms with van der Waals surface area (Å²) in [5.41, 5.74) is 4.93. The number of rotatable bonds is 0. The van der Waals surface area contributed by atoms with Gasteiger partial charge in [0.1, 0.15) is 0 Å². The smallest absolute Gasteiger partial charge is 0.00990 e. The van der Waals surface area contributed by atoms with Crippen molar-refractivity contribution < 1.29 is 0 Å². The Morgan fingerprint density at radius 2 is 1.50 bits per heavy atom. The molecule has 0 saturated carbocycles. The lowest BCUT2D eigenvalue weighted by molar-refractivity contribution is 1.51. The van der Waals surface area contributed by atoms with E-state index < -0.39 is 0 Å². The van der Waals surface area contributed by atoms with E-state index in [9.17, 15) is 0 Å². The van der Waals surface area contributed by atoms with Gasteiger partial charge in [0.15, 0.2) is 0 Å². The molecule has 0 unspecified atom stereocenters. The summed E-state index contributed by atoms with van der Waals surface area (Å²) in [6, 6.07) is 16.8. The molecule has 75 valence electrons. The van der Waals surface area contributed by atoms with Gasteiger partial charge in [-0.05, 0) is 28.3 Å². The van der Waals surface area contributed by atoms with E-state index in [1.165, 1.54) is 16.7 Å². The summed E-state index contributed by atoms with van der Waals surface area (Å²) in [7, 11) is 0. The van der Waals surface area contributed by atoms with Crippen LogP contribution in [0.4, 0.5) is 0 Å². The fourth-order valence-electron chi connectivity index (χ4n) is 2.02. The van der Waals surface area contributed by atoms with Gasteiger partial charge in [0, 0.05) is 0 Å². The Morgan fingerprint density at radius 1 is 0.750 bits per heavy atom. The lowest BCUT2D eigenvalue weighted by Gasteiger charge is -2.10. The number of allylic oxidation sites excluding steroid dienone is 2. The van der Waals surface area contributed by atoms with Crippen molar-refractivity contribution in [1.82, 2.24) is 0 Å². The summed E-state index contributed by atoms with van der Waals surface area (Å²) < 4.78 is 0. The van der Waals surface area contributed by atoms with E-state index in [4.69, 9.17) is 0 Å². The van der Waals surface area contributed by atoms with E-state index >= 15 is 0 Å². The minimum atomic E-state index is 1.15. The number of hydrogen-bond donors (Lipinski definition) is 0. The third-order valence-electron chi connectivity index (χ3n) is 2.79. The minimum absolute atomic E-state index is 1.15. The van der Waals surface area contributed by atoms with E-state index in [-0.39, 0.29) is 0 Å². The Labute approximate surface area is 95.6 Å². The maximum atomic E-state index is 3.29. The molecule has 1 radical (unpaired) electrons. The fraction of sp³-hybridized carbons (Fsp3) is 0. The van der Waals surface area contributed by atoms with Crippen LogP contribution in [-0.4, -0.2) is 0 Å². The maximum Gasteiger partial charge on any atom is -0.00990 e. The summed E-state index contributed by atoms with van der Waals surface area (Å²) in [6.45, 7) is 0. The van der Waals surface area contributed by atoms with Crippen molar-refractivity contribution in [2.24, 2.45) is 0 Å². The van der Waals surface area contributed by atoms with Crippen LogP contribution in [0.2, 0.25) is 0 Å². The average Bonchev–Trinajstić information content (AvgIpc) is 2.33. The summed E-state index contributed by atoms with van der Waals surface area (Å²) in [6.07, 6.45) is 9.42. The quantitative estimate of drug-likeness (QED) is 0.605. The topological polar surface area (TPSA) is 0 Å². The van der Waals surface area contributed by atoms with Crippen molar-refractivity contribution in [3.63, 3.8) is 0 Å². The van der Waals surface area contributed by atoms with E-state index in [2.05, 4.69) is 54.6 Å². The molecule has 3 rings (SSSR count).